The van der Waals surface area contributed by atoms with Crippen molar-refractivity contribution >= 4 is 149 Å². The van der Waals surface area contributed by atoms with Crippen molar-refractivity contribution in [3.8, 4) is 19.5 Å². The van der Waals surface area contributed by atoms with E-state index in [1.807, 2.05) is 90.7 Å². The fraction of sp³-hybridized carbons (Fsp3) is 0. The zero-order valence-corrected chi connectivity index (χ0v) is 23.6. The predicted molar refractivity (Wildman–Crippen MR) is 165 cm³/mol. The van der Waals surface area contributed by atoms with Crippen LogP contribution in [0.3, 0.4) is 0 Å². The number of rotatable bonds is 2. The van der Waals surface area contributed by atoms with Gasteiger partial charge in [-0.3, -0.25) is 0 Å². The van der Waals surface area contributed by atoms with Gasteiger partial charge in [0.25, 0.3) is 0 Å². The summed E-state index contributed by atoms with van der Waals surface area (Å²) < 4.78 is 12.9. The van der Waals surface area contributed by atoms with Gasteiger partial charge in [0, 0.05) is 63.9 Å². The van der Waals surface area contributed by atoms with Crippen molar-refractivity contribution < 1.29 is 0 Å². The molecule has 0 unspecified atom stereocenters. The standard InChI is InChI=1S/C26H10S8/c1-4-27-16-9-20(30-13(1)16)18-7-11-22-23(32-15-3-6-29-26(15)22)12-8-19(34-25(12)24(11)33-18)21-10-17-14(31-21)2-5-28-17/h1-10H. The van der Waals surface area contributed by atoms with Crippen LogP contribution in [0.2, 0.25) is 0 Å². The minimum absolute atomic E-state index is 1.40. The molecule has 0 saturated carbocycles. The molecule has 0 atom stereocenters. The molecule has 0 aliphatic heterocycles. The van der Waals surface area contributed by atoms with E-state index >= 15 is 0 Å². The van der Waals surface area contributed by atoms with Crippen LogP contribution in [0.15, 0.2) is 58.6 Å². The zero-order valence-electron chi connectivity index (χ0n) is 17.0. The Labute approximate surface area is 225 Å². The molecule has 0 aliphatic carbocycles. The Morgan fingerprint density at radius 1 is 0.382 bits per heavy atom. The topological polar surface area (TPSA) is 0 Å². The number of hydrogen-bond acceptors (Lipinski definition) is 8. The highest BCUT2D eigenvalue weighted by atomic mass is 32.1. The molecule has 8 heterocycles. The van der Waals surface area contributed by atoms with E-state index in [1.165, 1.54) is 78.0 Å². The number of thiophene rings is 8. The van der Waals surface area contributed by atoms with Crippen LogP contribution >= 0.6 is 90.7 Å². The van der Waals surface area contributed by atoms with E-state index in [-0.39, 0.29) is 0 Å². The molecular formula is C26H10S8. The molecule has 0 bridgehead atoms. The number of hydrogen-bond donors (Lipinski definition) is 0. The molecule has 0 fully saturated rings. The second-order valence-electron chi connectivity index (χ2n) is 8.15. The third kappa shape index (κ3) is 2.60. The SMILES string of the molecule is c1cc2sc(-c3cc4c(s3)c3sc(-c5cc6sccc6s5)cc3c3c5sccc5sc43)cc2s1. The average molecular weight is 579 g/mol. The van der Waals surface area contributed by atoms with E-state index in [9.17, 15) is 0 Å². The highest BCUT2D eigenvalue weighted by Crippen LogP contribution is 2.53. The summed E-state index contributed by atoms with van der Waals surface area (Å²) in [5.41, 5.74) is 0. The van der Waals surface area contributed by atoms with Gasteiger partial charge < -0.3 is 0 Å². The molecule has 0 amide bonds. The first-order valence-corrected chi connectivity index (χ1v) is 17.3. The van der Waals surface area contributed by atoms with Gasteiger partial charge in [0.15, 0.2) is 0 Å². The lowest BCUT2D eigenvalue weighted by atomic mass is 10.1. The van der Waals surface area contributed by atoms with Gasteiger partial charge in [0.05, 0.1) is 14.1 Å². The van der Waals surface area contributed by atoms with Crippen LogP contribution < -0.4 is 0 Å². The van der Waals surface area contributed by atoms with Gasteiger partial charge in [-0.05, 0) is 58.6 Å². The molecular weight excluding hydrogens is 569 g/mol. The minimum atomic E-state index is 1.40. The molecule has 1 aromatic carbocycles. The van der Waals surface area contributed by atoms with Gasteiger partial charge >= 0.3 is 0 Å². The van der Waals surface area contributed by atoms with Crippen molar-refractivity contribution in [3.05, 3.63) is 58.6 Å². The summed E-state index contributed by atoms with van der Waals surface area (Å²) in [7, 11) is 0. The van der Waals surface area contributed by atoms with Crippen molar-refractivity contribution in [2.75, 3.05) is 0 Å². The third-order valence-corrected chi connectivity index (χ3v) is 15.5. The molecule has 8 aromatic heterocycles. The largest absolute Gasteiger partial charge is 0.143 e. The first kappa shape index (κ1) is 19.6. The van der Waals surface area contributed by atoms with Crippen LogP contribution in [0.4, 0.5) is 0 Å². The monoisotopic (exact) mass is 578 g/mol. The van der Waals surface area contributed by atoms with Crippen LogP contribution in [0.25, 0.3) is 78.0 Å². The van der Waals surface area contributed by atoms with Crippen LogP contribution in [-0.4, -0.2) is 0 Å². The van der Waals surface area contributed by atoms with Crippen molar-refractivity contribution in [1.29, 1.82) is 0 Å². The molecule has 34 heavy (non-hydrogen) atoms. The summed E-state index contributed by atoms with van der Waals surface area (Å²) in [6.45, 7) is 0. The minimum Gasteiger partial charge on any atom is -0.143 e. The first-order chi connectivity index (χ1) is 16.8. The van der Waals surface area contributed by atoms with Gasteiger partial charge in [0.1, 0.15) is 0 Å². The maximum absolute atomic E-state index is 2.48. The average Bonchev–Trinajstić information content (AvgIpc) is 3.61. The molecule has 0 aliphatic rings. The van der Waals surface area contributed by atoms with Gasteiger partial charge in [-0.1, -0.05) is 0 Å². The molecule has 0 N–H and O–H groups in total. The van der Waals surface area contributed by atoms with Gasteiger partial charge in [-0.15, -0.1) is 90.7 Å². The summed E-state index contributed by atoms with van der Waals surface area (Å²) in [6, 6.07) is 16.5. The lowest BCUT2D eigenvalue weighted by molar-refractivity contribution is 2.04. The lowest BCUT2D eigenvalue weighted by Crippen LogP contribution is -1.68. The van der Waals surface area contributed by atoms with Gasteiger partial charge in [-0.25, -0.2) is 0 Å². The molecule has 162 valence electrons. The molecule has 0 radical (unpaired) electrons. The molecule has 9 rings (SSSR count). The summed E-state index contributed by atoms with van der Waals surface area (Å²) in [6.07, 6.45) is 0. The normalized spacial score (nSPS) is 12.7. The van der Waals surface area contributed by atoms with Crippen molar-refractivity contribution in [3.63, 3.8) is 0 Å². The maximum Gasteiger partial charge on any atom is 0.0542 e. The first-order valence-electron chi connectivity index (χ1n) is 10.5. The van der Waals surface area contributed by atoms with E-state index in [1.54, 1.807) is 0 Å². The third-order valence-electron chi connectivity index (χ3n) is 6.24. The number of fused-ring (bicyclic) bond motifs is 10. The maximum atomic E-state index is 2.48. The summed E-state index contributed by atoms with van der Waals surface area (Å²) >= 11 is 15.4. The Bertz CT molecular complexity index is 2130. The highest BCUT2D eigenvalue weighted by molar-refractivity contribution is 7.37. The molecule has 0 saturated heterocycles. The van der Waals surface area contributed by atoms with E-state index in [4.69, 9.17) is 0 Å². The van der Waals surface area contributed by atoms with E-state index in [0.717, 1.165) is 0 Å². The second-order valence-corrected chi connectivity index (χ2v) is 16.3. The smallest absolute Gasteiger partial charge is 0.0542 e. The highest BCUT2D eigenvalue weighted by Gasteiger charge is 2.21. The Kier molecular flexibility index (Phi) is 4.02. The lowest BCUT2D eigenvalue weighted by Gasteiger charge is -1.97. The van der Waals surface area contributed by atoms with Gasteiger partial charge in [0.2, 0.25) is 0 Å². The summed E-state index contributed by atoms with van der Waals surface area (Å²) in [5, 5.41) is 11.0. The van der Waals surface area contributed by atoms with Crippen molar-refractivity contribution in [2.24, 2.45) is 0 Å². The molecule has 8 heteroatoms. The van der Waals surface area contributed by atoms with Crippen LogP contribution in [0, 0.1) is 0 Å². The summed E-state index contributed by atoms with van der Waals surface area (Å²) in [4.78, 5) is 5.61. The van der Waals surface area contributed by atoms with Crippen LogP contribution in [0.1, 0.15) is 0 Å². The Balaban J connectivity index is 1.40. The molecule has 9 aromatic rings. The van der Waals surface area contributed by atoms with E-state index in [2.05, 4.69) is 58.6 Å². The molecule has 0 spiro atoms. The van der Waals surface area contributed by atoms with Crippen LogP contribution in [-0.2, 0) is 0 Å². The quantitative estimate of drug-likeness (QED) is 0.191. The molecule has 0 nitrogen and oxygen atoms in total. The fourth-order valence-corrected chi connectivity index (χ4v) is 14.1. The predicted octanol–water partition coefficient (Wildman–Crippen LogP) is 12.4. The van der Waals surface area contributed by atoms with Gasteiger partial charge in [-0.2, -0.15) is 0 Å². The van der Waals surface area contributed by atoms with Crippen LogP contribution in [0.5, 0.6) is 0 Å². The summed E-state index contributed by atoms with van der Waals surface area (Å²) in [5.74, 6) is 0. The van der Waals surface area contributed by atoms with Crippen molar-refractivity contribution in [2.45, 2.75) is 0 Å². The van der Waals surface area contributed by atoms with Crippen molar-refractivity contribution in [1.82, 2.24) is 0 Å². The Morgan fingerprint density at radius 2 is 0.941 bits per heavy atom. The second kappa shape index (κ2) is 6.99. The van der Waals surface area contributed by atoms with E-state index < -0.39 is 0 Å². The Morgan fingerprint density at radius 3 is 1.62 bits per heavy atom. The number of benzene rings is 1. The fourth-order valence-electron chi connectivity index (χ4n) is 4.75. The Hall–Kier alpha value is -1.62. The van der Waals surface area contributed by atoms with E-state index in [0.29, 0.717) is 0 Å². The zero-order chi connectivity index (χ0) is 22.0.